The molecule has 1 saturated heterocycles. The number of piperazine rings is 1. The third-order valence-corrected chi connectivity index (χ3v) is 5.88. The highest BCUT2D eigenvalue weighted by molar-refractivity contribution is 7.89. The van der Waals surface area contributed by atoms with Gasteiger partial charge in [-0.3, -0.25) is 0 Å². The van der Waals surface area contributed by atoms with Gasteiger partial charge in [-0.1, -0.05) is 30.3 Å². The van der Waals surface area contributed by atoms with Crippen LogP contribution in [0.4, 0.5) is 5.82 Å². The van der Waals surface area contributed by atoms with E-state index in [2.05, 4.69) is 14.9 Å². The van der Waals surface area contributed by atoms with Gasteiger partial charge in [0.2, 0.25) is 10.0 Å². The summed E-state index contributed by atoms with van der Waals surface area (Å²) >= 11 is 0. The molecule has 0 unspecified atom stereocenters. The van der Waals surface area contributed by atoms with Crippen LogP contribution in [0.5, 0.6) is 0 Å². The highest BCUT2D eigenvalue weighted by Crippen LogP contribution is 2.19. The van der Waals surface area contributed by atoms with Crippen molar-refractivity contribution in [3.63, 3.8) is 0 Å². The van der Waals surface area contributed by atoms with Crippen molar-refractivity contribution in [3.05, 3.63) is 42.6 Å². The summed E-state index contributed by atoms with van der Waals surface area (Å²) < 4.78 is 25.4. The summed E-state index contributed by atoms with van der Waals surface area (Å²) in [6.45, 7) is 3.97. The Morgan fingerprint density at radius 2 is 1.74 bits per heavy atom. The molecule has 6 nitrogen and oxygen atoms in total. The third kappa shape index (κ3) is 3.51. The van der Waals surface area contributed by atoms with Gasteiger partial charge < -0.3 is 4.90 Å². The van der Waals surface area contributed by atoms with E-state index in [0.717, 1.165) is 11.4 Å². The van der Waals surface area contributed by atoms with E-state index in [0.29, 0.717) is 32.0 Å². The van der Waals surface area contributed by atoms with E-state index in [4.69, 9.17) is 0 Å². The predicted octanol–water partition coefficient (Wildman–Crippen LogP) is 1.62. The minimum atomic E-state index is -3.10. The molecule has 3 rings (SSSR count). The van der Waals surface area contributed by atoms with Crippen LogP contribution in [0.25, 0.3) is 11.4 Å². The molecule has 23 heavy (non-hydrogen) atoms. The molecule has 1 aromatic carbocycles. The first-order chi connectivity index (χ1) is 11.1. The van der Waals surface area contributed by atoms with Crippen LogP contribution in [0, 0.1) is 0 Å². The average molecular weight is 332 g/mol. The summed E-state index contributed by atoms with van der Waals surface area (Å²) in [6, 6.07) is 11.7. The molecule has 7 heteroatoms. The van der Waals surface area contributed by atoms with Gasteiger partial charge in [0.25, 0.3) is 0 Å². The van der Waals surface area contributed by atoms with Crippen LogP contribution in [0.2, 0.25) is 0 Å². The standard InChI is InChI=1S/C16H20N4O2S/c1-2-23(21,22)20-12-10-19(11-13-20)15-8-9-17-16(18-15)14-6-4-3-5-7-14/h3-9H,2,10-13H2,1H3. The van der Waals surface area contributed by atoms with Gasteiger partial charge in [0, 0.05) is 37.9 Å². The van der Waals surface area contributed by atoms with Gasteiger partial charge in [-0.15, -0.1) is 0 Å². The maximum Gasteiger partial charge on any atom is 0.213 e. The molecule has 0 N–H and O–H groups in total. The molecule has 0 amide bonds. The van der Waals surface area contributed by atoms with Crippen molar-refractivity contribution in [1.29, 1.82) is 0 Å². The Bertz CT molecular complexity index is 757. The Morgan fingerprint density at radius 3 is 2.39 bits per heavy atom. The Labute approximate surface area is 136 Å². The van der Waals surface area contributed by atoms with Gasteiger partial charge in [-0.25, -0.2) is 18.4 Å². The lowest BCUT2D eigenvalue weighted by Gasteiger charge is -2.34. The molecular weight excluding hydrogens is 312 g/mol. The monoisotopic (exact) mass is 332 g/mol. The number of anilines is 1. The summed E-state index contributed by atoms with van der Waals surface area (Å²) in [7, 11) is -3.10. The van der Waals surface area contributed by atoms with Crippen molar-refractivity contribution in [2.75, 3.05) is 36.8 Å². The second kappa shape index (κ2) is 6.64. The van der Waals surface area contributed by atoms with Crippen LogP contribution < -0.4 is 4.90 Å². The van der Waals surface area contributed by atoms with E-state index in [1.165, 1.54) is 0 Å². The minimum Gasteiger partial charge on any atom is -0.354 e. The van der Waals surface area contributed by atoms with Crippen LogP contribution >= 0.6 is 0 Å². The Kier molecular flexibility index (Phi) is 4.58. The highest BCUT2D eigenvalue weighted by atomic mass is 32.2. The average Bonchev–Trinajstić information content (AvgIpc) is 2.63. The van der Waals surface area contributed by atoms with Gasteiger partial charge in [-0.2, -0.15) is 4.31 Å². The summed E-state index contributed by atoms with van der Waals surface area (Å²) in [4.78, 5) is 11.1. The molecule has 0 saturated carbocycles. The van der Waals surface area contributed by atoms with E-state index in [9.17, 15) is 8.42 Å². The normalized spacial score (nSPS) is 16.5. The van der Waals surface area contributed by atoms with E-state index in [1.54, 1.807) is 17.4 Å². The summed E-state index contributed by atoms with van der Waals surface area (Å²) in [6.07, 6.45) is 1.75. The molecule has 0 spiro atoms. The summed E-state index contributed by atoms with van der Waals surface area (Å²) in [5, 5.41) is 0. The number of sulfonamides is 1. The van der Waals surface area contributed by atoms with Crippen molar-refractivity contribution >= 4 is 15.8 Å². The van der Waals surface area contributed by atoms with Gasteiger partial charge in [0.1, 0.15) is 5.82 Å². The molecule has 2 heterocycles. The number of hydrogen-bond acceptors (Lipinski definition) is 5. The topological polar surface area (TPSA) is 66.4 Å². The van der Waals surface area contributed by atoms with Crippen molar-refractivity contribution < 1.29 is 8.42 Å². The number of aromatic nitrogens is 2. The maximum absolute atomic E-state index is 11.9. The van der Waals surface area contributed by atoms with Crippen LogP contribution in [-0.2, 0) is 10.0 Å². The zero-order valence-corrected chi connectivity index (χ0v) is 13.9. The van der Waals surface area contributed by atoms with Gasteiger partial charge in [0.05, 0.1) is 5.75 Å². The molecule has 0 atom stereocenters. The van der Waals surface area contributed by atoms with E-state index in [1.807, 2.05) is 36.4 Å². The number of nitrogens with zero attached hydrogens (tertiary/aromatic N) is 4. The largest absolute Gasteiger partial charge is 0.354 e. The van der Waals surface area contributed by atoms with Crippen molar-refractivity contribution in [1.82, 2.24) is 14.3 Å². The zero-order valence-electron chi connectivity index (χ0n) is 13.1. The van der Waals surface area contributed by atoms with Crippen LogP contribution in [0.1, 0.15) is 6.92 Å². The fourth-order valence-corrected chi connectivity index (χ4v) is 3.71. The zero-order chi connectivity index (χ0) is 16.3. The van der Waals surface area contributed by atoms with E-state index in [-0.39, 0.29) is 5.75 Å². The molecule has 1 aromatic heterocycles. The fourth-order valence-electron chi connectivity index (χ4n) is 2.63. The number of hydrogen-bond donors (Lipinski definition) is 0. The molecule has 0 radical (unpaired) electrons. The molecule has 0 aliphatic carbocycles. The molecule has 2 aromatic rings. The lowest BCUT2D eigenvalue weighted by molar-refractivity contribution is 0.384. The molecule has 1 fully saturated rings. The lowest BCUT2D eigenvalue weighted by atomic mass is 10.2. The number of benzene rings is 1. The van der Waals surface area contributed by atoms with Crippen LogP contribution in [0.3, 0.4) is 0 Å². The Balaban J connectivity index is 1.75. The van der Waals surface area contributed by atoms with E-state index >= 15 is 0 Å². The van der Waals surface area contributed by atoms with Gasteiger partial charge in [-0.05, 0) is 13.0 Å². The van der Waals surface area contributed by atoms with Crippen LogP contribution in [0.15, 0.2) is 42.6 Å². The molecule has 1 aliphatic heterocycles. The quantitative estimate of drug-likeness (QED) is 0.851. The van der Waals surface area contributed by atoms with Gasteiger partial charge >= 0.3 is 0 Å². The second-order valence-electron chi connectivity index (χ2n) is 5.39. The van der Waals surface area contributed by atoms with E-state index < -0.39 is 10.0 Å². The maximum atomic E-state index is 11.9. The first-order valence-corrected chi connectivity index (χ1v) is 9.32. The van der Waals surface area contributed by atoms with Crippen LogP contribution in [-0.4, -0.2) is 54.6 Å². The SMILES string of the molecule is CCS(=O)(=O)N1CCN(c2ccnc(-c3ccccc3)n2)CC1. The first kappa shape index (κ1) is 15.9. The molecule has 0 bridgehead atoms. The van der Waals surface area contributed by atoms with Gasteiger partial charge in [0.15, 0.2) is 5.82 Å². The fraction of sp³-hybridized carbons (Fsp3) is 0.375. The highest BCUT2D eigenvalue weighted by Gasteiger charge is 2.26. The number of rotatable bonds is 4. The Hall–Kier alpha value is -1.99. The molecular formula is C16H20N4O2S. The molecule has 1 aliphatic rings. The minimum absolute atomic E-state index is 0.151. The summed E-state index contributed by atoms with van der Waals surface area (Å²) in [5.74, 6) is 1.68. The second-order valence-corrected chi connectivity index (χ2v) is 7.65. The molecule has 122 valence electrons. The summed E-state index contributed by atoms with van der Waals surface area (Å²) in [5.41, 5.74) is 0.974. The lowest BCUT2D eigenvalue weighted by Crippen LogP contribution is -2.49. The third-order valence-electron chi connectivity index (χ3n) is 3.99. The Morgan fingerprint density at radius 1 is 1.04 bits per heavy atom. The smallest absolute Gasteiger partial charge is 0.213 e. The van der Waals surface area contributed by atoms with Crippen molar-refractivity contribution in [3.8, 4) is 11.4 Å². The van der Waals surface area contributed by atoms with Crippen molar-refractivity contribution in [2.24, 2.45) is 0 Å². The predicted molar refractivity (Wildman–Crippen MR) is 90.7 cm³/mol. The first-order valence-electron chi connectivity index (χ1n) is 7.71. The van der Waals surface area contributed by atoms with Crippen molar-refractivity contribution in [2.45, 2.75) is 6.92 Å².